The summed E-state index contributed by atoms with van der Waals surface area (Å²) < 4.78 is 74.4. The lowest BCUT2D eigenvalue weighted by molar-refractivity contribution is -0.143. The maximum atomic E-state index is 12.6. The van der Waals surface area contributed by atoms with E-state index in [4.69, 9.17) is 4.74 Å². The van der Waals surface area contributed by atoms with Gasteiger partial charge in [0.1, 0.15) is 5.75 Å². The normalized spacial score (nSPS) is 11.7. The Labute approximate surface area is 154 Å². The Hall–Kier alpha value is -2.75. The molecule has 0 saturated heterocycles. The molecule has 2 aromatic rings. The van der Waals surface area contributed by atoms with Crippen molar-refractivity contribution in [3.05, 3.63) is 53.6 Å². The average Bonchev–Trinajstić information content (AvgIpc) is 2.59. The van der Waals surface area contributed by atoms with Gasteiger partial charge in [-0.25, -0.2) is 13.2 Å². The number of rotatable bonds is 6. The molecule has 0 aromatic heterocycles. The lowest BCUT2D eigenvalue weighted by Crippen LogP contribution is -2.15. The molecular formula is C17H16F3NO5S. The number of nitrogens with one attached hydrogen (secondary N) is 1. The number of esters is 1. The molecule has 0 aliphatic carbocycles. The van der Waals surface area contributed by atoms with Crippen LogP contribution in [0, 0.1) is 6.92 Å². The molecule has 0 aliphatic heterocycles. The number of methoxy groups -OCH3 is 1. The van der Waals surface area contributed by atoms with Crippen LogP contribution in [0.15, 0.2) is 47.4 Å². The second-order valence-corrected chi connectivity index (χ2v) is 7.16. The van der Waals surface area contributed by atoms with E-state index in [0.29, 0.717) is 11.3 Å². The van der Waals surface area contributed by atoms with E-state index in [-0.39, 0.29) is 17.2 Å². The predicted octanol–water partition coefficient (Wildman–Crippen LogP) is 3.37. The van der Waals surface area contributed by atoms with Crippen LogP contribution in [0.2, 0.25) is 0 Å². The number of alkyl halides is 3. The van der Waals surface area contributed by atoms with E-state index in [1.807, 2.05) is 0 Å². The number of carbonyl (C=O) groups is 1. The van der Waals surface area contributed by atoms with Crippen LogP contribution in [0.4, 0.5) is 18.9 Å². The van der Waals surface area contributed by atoms with Crippen molar-refractivity contribution >= 4 is 21.7 Å². The first-order chi connectivity index (χ1) is 12.5. The Kier molecular flexibility index (Phi) is 5.99. The van der Waals surface area contributed by atoms with Gasteiger partial charge in [0.05, 0.1) is 17.6 Å². The highest BCUT2D eigenvalue weighted by Gasteiger charge is 2.30. The smallest absolute Gasteiger partial charge is 0.416 e. The van der Waals surface area contributed by atoms with Crippen molar-refractivity contribution in [1.82, 2.24) is 0 Å². The summed E-state index contributed by atoms with van der Waals surface area (Å²) >= 11 is 0. The van der Waals surface area contributed by atoms with E-state index >= 15 is 0 Å². The van der Waals surface area contributed by atoms with Gasteiger partial charge in [0, 0.05) is 5.69 Å². The number of hydrogen-bond donors (Lipinski definition) is 1. The molecule has 1 N–H and O–H groups in total. The zero-order valence-corrected chi connectivity index (χ0v) is 15.1. The van der Waals surface area contributed by atoms with Crippen molar-refractivity contribution in [2.24, 2.45) is 0 Å². The number of ether oxygens (including phenoxy) is 2. The van der Waals surface area contributed by atoms with Gasteiger partial charge in [-0.05, 0) is 55.0 Å². The SMILES string of the molecule is COC(=O)COc1ccc(S(=O)(=O)Nc2ccc(C(F)(F)F)cc2)cc1C. The molecule has 0 aliphatic rings. The fourth-order valence-electron chi connectivity index (χ4n) is 2.09. The molecule has 10 heteroatoms. The van der Waals surface area contributed by atoms with Crippen molar-refractivity contribution in [2.45, 2.75) is 18.0 Å². The van der Waals surface area contributed by atoms with Crippen molar-refractivity contribution < 1.29 is 35.9 Å². The molecule has 2 aromatic carbocycles. The number of benzene rings is 2. The third-order valence-electron chi connectivity index (χ3n) is 3.49. The Morgan fingerprint density at radius 1 is 1.11 bits per heavy atom. The van der Waals surface area contributed by atoms with Crippen molar-refractivity contribution in [1.29, 1.82) is 0 Å². The molecule has 0 bridgehead atoms. The van der Waals surface area contributed by atoms with Gasteiger partial charge < -0.3 is 9.47 Å². The van der Waals surface area contributed by atoms with Gasteiger partial charge in [-0.15, -0.1) is 0 Å². The topological polar surface area (TPSA) is 81.7 Å². The molecule has 2 rings (SSSR count). The predicted molar refractivity (Wildman–Crippen MR) is 90.9 cm³/mol. The van der Waals surface area contributed by atoms with Gasteiger partial charge in [0.15, 0.2) is 6.61 Å². The first-order valence-electron chi connectivity index (χ1n) is 7.53. The number of halogens is 3. The quantitative estimate of drug-likeness (QED) is 0.748. The second kappa shape index (κ2) is 7.87. The van der Waals surface area contributed by atoms with Crippen LogP contribution in [-0.2, 0) is 25.7 Å². The van der Waals surface area contributed by atoms with E-state index in [0.717, 1.165) is 24.3 Å². The lowest BCUT2D eigenvalue weighted by Gasteiger charge is -2.12. The highest BCUT2D eigenvalue weighted by Crippen LogP contribution is 2.30. The molecule has 27 heavy (non-hydrogen) atoms. The fourth-order valence-corrected chi connectivity index (χ4v) is 3.23. The van der Waals surface area contributed by atoms with E-state index in [2.05, 4.69) is 9.46 Å². The summed E-state index contributed by atoms with van der Waals surface area (Å²) in [6.07, 6.45) is -4.51. The van der Waals surface area contributed by atoms with Crippen LogP contribution in [0.3, 0.4) is 0 Å². The highest BCUT2D eigenvalue weighted by molar-refractivity contribution is 7.92. The zero-order chi connectivity index (χ0) is 20.2. The Morgan fingerprint density at radius 2 is 1.74 bits per heavy atom. The monoisotopic (exact) mass is 403 g/mol. The molecule has 0 saturated carbocycles. The molecule has 0 spiro atoms. The Bertz CT molecular complexity index is 925. The molecule has 0 radical (unpaired) electrons. The number of carbonyl (C=O) groups excluding carboxylic acids is 1. The summed E-state index contributed by atoms with van der Waals surface area (Å²) in [5.41, 5.74) is -0.436. The minimum absolute atomic E-state index is 0.00771. The van der Waals surface area contributed by atoms with Gasteiger partial charge in [-0.1, -0.05) is 0 Å². The molecule has 0 unspecified atom stereocenters. The summed E-state index contributed by atoms with van der Waals surface area (Å²) in [6, 6.07) is 7.58. The average molecular weight is 403 g/mol. The molecule has 0 fully saturated rings. The van der Waals surface area contributed by atoms with Crippen LogP contribution < -0.4 is 9.46 Å². The van der Waals surface area contributed by atoms with Crippen LogP contribution in [0.25, 0.3) is 0 Å². The lowest BCUT2D eigenvalue weighted by atomic mass is 10.2. The van der Waals surface area contributed by atoms with Crippen LogP contribution >= 0.6 is 0 Å². The van der Waals surface area contributed by atoms with Gasteiger partial charge in [0.25, 0.3) is 10.0 Å². The highest BCUT2D eigenvalue weighted by atomic mass is 32.2. The zero-order valence-electron chi connectivity index (χ0n) is 14.3. The van der Waals surface area contributed by atoms with Crippen molar-refractivity contribution in [3.8, 4) is 5.75 Å². The first kappa shape index (κ1) is 20.6. The minimum Gasteiger partial charge on any atom is -0.482 e. The minimum atomic E-state index is -4.51. The maximum absolute atomic E-state index is 12.6. The van der Waals surface area contributed by atoms with E-state index < -0.39 is 27.7 Å². The van der Waals surface area contributed by atoms with Gasteiger partial charge in [-0.2, -0.15) is 13.2 Å². The van der Waals surface area contributed by atoms with Crippen LogP contribution in [0.1, 0.15) is 11.1 Å². The molecule has 0 heterocycles. The van der Waals surface area contributed by atoms with E-state index in [1.54, 1.807) is 6.92 Å². The molecule has 6 nitrogen and oxygen atoms in total. The first-order valence-corrected chi connectivity index (χ1v) is 9.01. The van der Waals surface area contributed by atoms with Gasteiger partial charge in [-0.3, -0.25) is 4.72 Å². The van der Waals surface area contributed by atoms with Gasteiger partial charge >= 0.3 is 12.1 Å². The fraction of sp³-hybridized carbons (Fsp3) is 0.235. The maximum Gasteiger partial charge on any atom is 0.416 e. The molecule has 0 amide bonds. The molecular weight excluding hydrogens is 387 g/mol. The third-order valence-corrected chi connectivity index (χ3v) is 4.87. The largest absolute Gasteiger partial charge is 0.482 e. The standard InChI is InChI=1S/C17H16F3NO5S/c1-11-9-14(7-8-15(11)26-10-16(22)25-2)27(23,24)21-13-5-3-12(4-6-13)17(18,19)20/h3-9,21H,10H2,1-2H3. The Balaban J connectivity index is 2.16. The van der Waals surface area contributed by atoms with E-state index in [1.165, 1.54) is 25.3 Å². The number of hydrogen-bond acceptors (Lipinski definition) is 5. The molecule has 0 atom stereocenters. The van der Waals surface area contributed by atoms with Crippen molar-refractivity contribution in [2.75, 3.05) is 18.4 Å². The third kappa shape index (κ3) is 5.36. The number of sulfonamides is 1. The second-order valence-electron chi connectivity index (χ2n) is 5.47. The van der Waals surface area contributed by atoms with Crippen LogP contribution in [0.5, 0.6) is 5.75 Å². The summed E-state index contributed by atoms with van der Waals surface area (Å²) in [5, 5.41) is 0. The van der Waals surface area contributed by atoms with Crippen LogP contribution in [-0.4, -0.2) is 28.1 Å². The molecule has 146 valence electrons. The summed E-state index contributed by atoms with van der Waals surface area (Å²) in [6.45, 7) is 1.26. The summed E-state index contributed by atoms with van der Waals surface area (Å²) in [7, 11) is -2.81. The summed E-state index contributed by atoms with van der Waals surface area (Å²) in [5.74, 6) is -0.288. The number of aryl methyl sites for hydroxylation is 1. The van der Waals surface area contributed by atoms with Crippen molar-refractivity contribution in [3.63, 3.8) is 0 Å². The van der Waals surface area contributed by atoms with E-state index in [9.17, 15) is 26.4 Å². The van der Waals surface area contributed by atoms with Gasteiger partial charge in [0.2, 0.25) is 0 Å². The number of anilines is 1. The summed E-state index contributed by atoms with van der Waals surface area (Å²) in [4.78, 5) is 11.0. The Morgan fingerprint density at radius 3 is 2.26 bits per heavy atom.